The lowest BCUT2D eigenvalue weighted by atomic mass is 10.1. The van der Waals surface area contributed by atoms with Crippen molar-refractivity contribution >= 4 is 29.5 Å². The van der Waals surface area contributed by atoms with Crippen molar-refractivity contribution in [1.29, 1.82) is 0 Å². The van der Waals surface area contributed by atoms with Gasteiger partial charge in [0.05, 0.1) is 11.4 Å². The van der Waals surface area contributed by atoms with Crippen LogP contribution >= 0.6 is 11.8 Å². The number of nitrogens with one attached hydrogen (secondary N) is 2. The lowest BCUT2D eigenvalue weighted by Crippen LogP contribution is -2.45. The fourth-order valence-corrected chi connectivity index (χ4v) is 3.12. The number of carbonyl (C=O) groups excluding carboxylic acids is 2. The molecule has 0 saturated heterocycles. The van der Waals surface area contributed by atoms with E-state index in [-0.39, 0.29) is 47.6 Å². The molecule has 27 heavy (non-hydrogen) atoms. The Balaban J connectivity index is 2.76. The highest BCUT2D eigenvalue weighted by Crippen LogP contribution is 2.37. The van der Waals surface area contributed by atoms with E-state index in [2.05, 4.69) is 10.6 Å². The zero-order chi connectivity index (χ0) is 20.4. The summed E-state index contributed by atoms with van der Waals surface area (Å²) in [5, 5.41) is 33.9. The fourth-order valence-electron chi connectivity index (χ4n) is 2.07. The number of amides is 2. The van der Waals surface area contributed by atoms with Crippen molar-refractivity contribution in [2.45, 2.75) is 23.8 Å². The first-order chi connectivity index (χ1) is 12.8. The van der Waals surface area contributed by atoms with E-state index in [1.54, 1.807) is 6.07 Å². The van der Waals surface area contributed by atoms with Crippen LogP contribution in [0.5, 0.6) is 11.5 Å². The highest BCUT2D eigenvalue weighted by atomic mass is 32.2. The summed E-state index contributed by atoms with van der Waals surface area (Å²) < 4.78 is 0. The van der Waals surface area contributed by atoms with Gasteiger partial charge in [-0.3, -0.25) is 9.59 Å². The van der Waals surface area contributed by atoms with Gasteiger partial charge < -0.3 is 37.4 Å². The van der Waals surface area contributed by atoms with Crippen molar-refractivity contribution in [1.82, 2.24) is 10.6 Å². The van der Waals surface area contributed by atoms with Crippen molar-refractivity contribution < 1.29 is 29.7 Å². The standard InChI is InChI=1S/C16H24N4O6S/c17-3-1-13(22)19-4-2-9-5-11(21)15(24)12(6-9)27-8-10(16(25)26)20-14(23)7-18/h5-6,10,21,24H,1-4,7-8,17-18H2,(H,19,22)(H,20,23)(H,25,26)/t10-/m1/s1. The molecule has 10 nitrogen and oxygen atoms in total. The molecule has 1 aromatic carbocycles. The van der Waals surface area contributed by atoms with Crippen LogP contribution in [0, 0.1) is 0 Å². The SMILES string of the molecule is NCCC(=O)NCCc1cc(O)c(O)c(SC[C@@H](NC(=O)CN)C(=O)O)c1. The van der Waals surface area contributed by atoms with Crippen LogP contribution in [0.4, 0.5) is 0 Å². The number of carboxylic acids is 1. The maximum atomic E-state index is 11.4. The number of hydrogen-bond acceptors (Lipinski definition) is 8. The smallest absolute Gasteiger partial charge is 0.327 e. The van der Waals surface area contributed by atoms with Gasteiger partial charge in [-0.05, 0) is 24.1 Å². The molecule has 0 unspecified atom stereocenters. The molecule has 0 aliphatic heterocycles. The van der Waals surface area contributed by atoms with Crippen molar-refractivity contribution in [3.05, 3.63) is 17.7 Å². The summed E-state index contributed by atoms with van der Waals surface area (Å²) in [5.74, 6) is -2.87. The Morgan fingerprint density at radius 3 is 2.44 bits per heavy atom. The molecule has 0 saturated carbocycles. The third kappa shape index (κ3) is 7.72. The van der Waals surface area contributed by atoms with Gasteiger partial charge in [-0.2, -0.15) is 0 Å². The van der Waals surface area contributed by atoms with Gasteiger partial charge in [-0.25, -0.2) is 4.79 Å². The molecule has 1 rings (SSSR count). The molecule has 0 aromatic heterocycles. The second-order valence-electron chi connectivity index (χ2n) is 5.57. The Hall–Kier alpha value is -2.50. The third-order valence-electron chi connectivity index (χ3n) is 3.45. The van der Waals surface area contributed by atoms with Gasteiger partial charge in [0.1, 0.15) is 6.04 Å². The summed E-state index contributed by atoms with van der Waals surface area (Å²) in [6, 6.07) is 1.74. The second kappa shape index (κ2) is 11.3. The molecular formula is C16H24N4O6S. The number of rotatable bonds is 11. The predicted octanol–water partition coefficient (Wildman–Crippen LogP) is -1.27. The summed E-state index contributed by atoms with van der Waals surface area (Å²) in [4.78, 5) is 34.2. The Bertz CT molecular complexity index is 685. The van der Waals surface area contributed by atoms with Gasteiger partial charge in [0.15, 0.2) is 11.5 Å². The Morgan fingerprint density at radius 1 is 1.15 bits per heavy atom. The zero-order valence-electron chi connectivity index (χ0n) is 14.6. The summed E-state index contributed by atoms with van der Waals surface area (Å²) in [5.41, 5.74) is 11.1. The number of aromatic hydroxyl groups is 2. The lowest BCUT2D eigenvalue weighted by Gasteiger charge is -2.15. The maximum absolute atomic E-state index is 11.4. The first kappa shape index (κ1) is 22.5. The molecule has 1 aromatic rings. The van der Waals surface area contributed by atoms with Gasteiger partial charge in [-0.1, -0.05) is 0 Å². The van der Waals surface area contributed by atoms with E-state index >= 15 is 0 Å². The largest absolute Gasteiger partial charge is 0.504 e. The highest BCUT2D eigenvalue weighted by Gasteiger charge is 2.21. The zero-order valence-corrected chi connectivity index (χ0v) is 15.4. The monoisotopic (exact) mass is 400 g/mol. The third-order valence-corrected chi connectivity index (χ3v) is 4.57. The fraction of sp³-hybridized carbons (Fsp3) is 0.438. The van der Waals surface area contributed by atoms with Crippen molar-refractivity contribution in [3.63, 3.8) is 0 Å². The number of thioether (sulfide) groups is 1. The highest BCUT2D eigenvalue weighted by molar-refractivity contribution is 7.99. The number of phenols is 2. The van der Waals surface area contributed by atoms with Crippen LogP contribution in [0.2, 0.25) is 0 Å². The van der Waals surface area contributed by atoms with E-state index < -0.39 is 17.9 Å². The Labute approximate surface area is 160 Å². The van der Waals surface area contributed by atoms with E-state index in [1.165, 1.54) is 6.07 Å². The lowest BCUT2D eigenvalue weighted by molar-refractivity contribution is -0.140. The Morgan fingerprint density at radius 2 is 1.85 bits per heavy atom. The molecule has 0 aliphatic rings. The number of carboxylic acid groups (broad SMARTS) is 1. The van der Waals surface area contributed by atoms with Crippen LogP contribution in [0.3, 0.4) is 0 Å². The van der Waals surface area contributed by atoms with E-state index in [0.717, 1.165) is 11.8 Å². The van der Waals surface area contributed by atoms with Gasteiger partial charge in [0.25, 0.3) is 0 Å². The van der Waals surface area contributed by atoms with Gasteiger partial charge in [0, 0.05) is 25.3 Å². The van der Waals surface area contributed by atoms with Crippen molar-refractivity contribution in [3.8, 4) is 11.5 Å². The van der Waals surface area contributed by atoms with Crippen molar-refractivity contribution in [2.24, 2.45) is 11.5 Å². The number of benzene rings is 1. The molecule has 0 aliphatic carbocycles. The van der Waals surface area contributed by atoms with E-state index in [9.17, 15) is 24.6 Å². The van der Waals surface area contributed by atoms with Crippen LogP contribution in [-0.2, 0) is 20.8 Å². The van der Waals surface area contributed by atoms with E-state index in [4.69, 9.17) is 16.6 Å². The molecule has 1 atom stereocenters. The first-order valence-corrected chi connectivity index (χ1v) is 9.13. The first-order valence-electron chi connectivity index (χ1n) is 8.15. The molecular weight excluding hydrogens is 376 g/mol. The van der Waals surface area contributed by atoms with Crippen LogP contribution in [-0.4, -0.2) is 64.5 Å². The van der Waals surface area contributed by atoms with Crippen molar-refractivity contribution in [2.75, 3.05) is 25.4 Å². The quantitative estimate of drug-likeness (QED) is 0.175. The normalized spacial score (nSPS) is 11.6. The van der Waals surface area contributed by atoms with E-state index in [1.807, 2.05) is 0 Å². The predicted molar refractivity (Wildman–Crippen MR) is 99.5 cm³/mol. The molecule has 0 bridgehead atoms. The average Bonchev–Trinajstić information content (AvgIpc) is 2.61. The number of nitrogens with two attached hydrogens (primary N) is 2. The molecule has 0 radical (unpaired) electrons. The maximum Gasteiger partial charge on any atom is 0.327 e. The van der Waals surface area contributed by atoms with Crippen LogP contribution in [0.15, 0.2) is 17.0 Å². The van der Waals surface area contributed by atoms with Crippen LogP contribution in [0.1, 0.15) is 12.0 Å². The number of phenolic OH excluding ortho intramolecular Hbond substituents is 2. The number of aliphatic carboxylic acids is 1. The van der Waals surface area contributed by atoms with Gasteiger partial charge >= 0.3 is 5.97 Å². The molecule has 0 spiro atoms. The van der Waals surface area contributed by atoms with Crippen LogP contribution in [0.25, 0.3) is 0 Å². The van der Waals surface area contributed by atoms with Gasteiger partial charge in [0.2, 0.25) is 11.8 Å². The van der Waals surface area contributed by atoms with Crippen LogP contribution < -0.4 is 22.1 Å². The average molecular weight is 400 g/mol. The minimum absolute atomic E-state index is 0.0786. The number of carbonyl (C=O) groups is 3. The summed E-state index contributed by atoms with van der Waals surface area (Å²) in [6.45, 7) is 0.224. The summed E-state index contributed by atoms with van der Waals surface area (Å²) in [7, 11) is 0. The minimum Gasteiger partial charge on any atom is -0.504 e. The molecule has 0 fully saturated rings. The topological polar surface area (TPSA) is 188 Å². The molecule has 2 amide bonds. The summed E-state index contributed by atoms with van der Waals surface area (Å²) >= 11 is 0.962. The molecule has 11 heteroatoms. The minimum atomic E-state index is -1.24. The number of hydrogen-bond donors (Lipinski definition) is 7. The molecule has 0 heterocycles. The molecule has 9 N–H and O–H groups in total. The Kier molecular flexibility index (Phi) is 9.40. The molecule has 150 valence electrons. The second-order valence-corrected chi connectivity index (χ2v) is 6.64. The van der Waals surface area contributed by atoms with E-state index in [0.29, 0.717) is 18.5 Å². The van der Waals surface area contributed by atoms with Gasteiger partial charge in [-0.15, -0.1) is 11.8 Å². The summed E-state index contributed by atoms with van der Waals surface area (Å²) in [6.07, 6.45) is 0.608.